The minimum atomic E-state index is -0.238. The molecular formula is C49H44N2. The Morgan fingerprint density at radius 3 is 1.67 bits per heavy atom. The van der Waals surface area contributed by atoms with Crippen LogP contribution in [0.15, 0.2) is 116 Å². The number of rotatable bonds is 3. The van der Waals surface area contributed by atoms with Crippen molar-refractivity contribution in [3.63, 3.8) is 0 Å². The second-order valence-corrected chi connectivity index (χ2v) is 16.9. The van der Waals surface area contributed by atoms with E-state index in [9.17, 15) is 0 Å². The minimum Gasteiger partial charge on any atom is -0.310 e. The fraction of sp³-hybridized carbons (Fsp3) is 0.224. The summed E-state index contributed by atoms with van der Waals surface area (Å²) in [4.78, 5) is 5.10. The van der Waals surface area contributed by atoms with Crippen molar-refractivity contribution in [2.75, 3.05) is 9.80 Å². The van der Waals surface area contributed by atoms with Crippen molar-refractivity contribution in [3.8, 4) is 11.1 Å². The average Bonchev–Trinajstić information content (AvgIpc) is 3.32. The molecule has 250 valence electrons. The largest absolute Gasteiger partial charge is 0.310 e. The molecule has 0 N–H and O–H groups in total. The van der Waals surface area contributed by atoms with Crippen LogP contribution in [0.4, 0.5) is 34.1 Å². The summed E-state index contributed by atoms with van der Waals surface area (Å²) in [6.45, 7) is 23.6. The standard InChI is InChI=1S/C49H44N2/c1-28-22-29(2)24-32(23-28)50(31-20-21-36-35-14-10-11-16-38(35)47(4,5)42(36)26-31)33-25-37-30(3)34-15-12-17-39-44(34)51-45(37)43(27-33)49(8,9)41-19-13-18-40(46(41)51)48(39,6)7/h10-27H,3H2,1-2,4-9H3. The third-order valence-electron chi connectivity index (χ3n) is 12.7. The SMILES string of the molecule is C=C1c2cccc3c2N2c4c1cc(N(c1cc(C)cc(C)c1)c1ccc5c(c1)C(C)(C)c1ccccc1-5)cc4C(C)(C)c1cccc(c12)C3(C)C. The average molecular weight is 661 g/mol. The molecule has 2 heteroatoms. The first-order valence-electron chi connectivity index (χ1n) is 18.4. The van der Waals surface area contributed by atoms with Gasteiger partial charge >= 0.3 is 0 Å². The lowest BCUT2D eigenvalue weighted by molar-refractivity contribution is 0.596. The van der Waals surface area contributed by atoms with E-state index in [0.29, 0.717) is 0 Å². The summed E-state index contributed by atoms with van der Waals surface area (Å²) in [5.41, 5.74) is 24.0. The smallest absolute Gasteiger partial charge is 0.0583 e. The number of nitrogens with zero attached hydrogens (tertiary/aromatic N) is 2. The van der Waals surface area contributed by atoms with Crippen molar-refractivity contribution < 1.29 is 0 Å². The number of anilines is 6. The summed E-state index contributed by atoms with van der Waals surface area (Å²) in [5.74, 6) is 0. The Morgan fingerprint density at radius 2 is 0.941 bits per heavy atom. The Labute approximate surface area is 302 Å². The third-order valence-corrected chi connectivity index (χ3v) is 12.7. The van der Waals surface area contributed by atoms with Gasteiger partial charge in [-0.25, -0.2) is 0 Å². The van der Waals surface area contributed by atoms with Crippen LogP contribution in [-0.4, -0.2) is 0 Å². The van der Waals surface area contributed by atoms with Crippen LogP contribution in [0.25, 0.3) is 16.7 Å². The van der Waals surface area contributed by atoms with Gasteiger partial charge in [0.05, 0.1) is 17.1 Å². The number of benzene rings is 6. The van der Waals surface area contributed by atoms with Crippen LogP contribution >= 0.6 is 0 Å². The van der Waals surface area contributed by atoms with E-state index >= 15 is 0 Å². The first-order valence-corrected chi connectivity index (χ1v) is 18.4. The van der Waals surface area contributed by atoms with E-state index in [0.717, 1.165) is 11.3 Å². The molecule has 0 saturated heterocycles. The van der Waals surface area contributed by atoms with Gasteiger partial charge in [0.1, 0.15) is 0 Å². The number of fused-ring (bicyclic) bond motifs is 3. The highest BCUT2D eigenvalue weighted by Gasteiger charge is 2.49. The maximum atomic E-state index is 4.86. The van der Waals surface area contributed by atoms with Crippen LogP contribution in [0.3, 0.4) is 0 Å². The lowest BCUT2D eigenvalue weighted by Crippen LogP contribution is -2.40. The van der Waals surface area contributed by atoms with E-state index in [1.165, 1.54) is 95.2 Å². The predicted octanol–water partition coefficient (Wildman–Crippen LogP) is 13.2. The van der Waals surface area contributed by atoms with Gasteiger partial charge in [-0.05, 0) is 111 Å². The maximum Gasteiger partial charge on any atom is 0.0583 e. The summed E-state index contributed by atoms with van der Waals surface area (Å²) in [6, 6.07) is 41.7. The molecule has 0 bridgehead atoms. The van der Waals surface area contributed by atoms with E-state index in [1.54, 1.807) is 0 Å². The van der Waals surface area contributed by atoms with Gasteiger partial charge in [-0.3, -0.25) is 0 Å². The zero-order valence-corrected chi connectivity index (χ0v) is 31.0. The fourth-order valence-electron chi connectivity index (χ4n) is 10.2. The van der Waals surface area contributed by atoms with Crippen LogP contribution in [0, 0.1) is 13.8 Å². The Morgan fingerprint density at radius 1 is 0.431 bits per heavy atom. The van der Waals surface area contributed by atoms with Crippen molar-refractivity contribution in [2.45, 2.75) is 71.6 Å². The quantitative estimate of drug-likeness (QED) is 0.186. The van der Waals surface area contributed by atoms with Gasteiger partial charge in [-0.1, -0.05) is 121 Å². The minimum absolute atomic E-state index is 0.0981. The number of hydrogen-bond donors (Lipinski definition) is 0. The zero-order valence-electron chi connectivity index (χ0n) is 31.0. The molecule has 10 rings (SSSR count). The summed E-state index contributed by atoms with van der Waals surface area (Å²) >= 11 is 0. The highest BCUT2D eigenvalue weighted by molar-refractivity contribution is 6.08. The van der Waals surface area contributed by atoms with Crippen LogP contribution in [0.2, 0.25) is 0 Å². The molecule has 51 heavy (non-hydrogen) atoms. The Bertz CT molecular complexity index is 2540. The Kier molecular flexibility index (Phi) is 5.80. The van der Waals surface area contributed by atoms with Gasteiger partial charge in [-0.15, -0.1) is 0 Å². The molecule has 0 saturated carbocycles. The molecule has 3 aliphatic heterocycles. The van der Waals surface area contributed by atoms with Gasteiger partial charge in [0, 0.05) is 44.4 Å². The van der Waals surface area contributed by atoms with Crippen LogP contribution in [-0.2, 0) is 16.2 Å². The molecule has 0 spiro atoms. The van der Waals surface area contributed by atoms with Crippen LogP contribution in [0.1, 0.15) is 97.2 Å². The molecule has 0 fully saturated rings. The van der Waals surface area contributed by atoms with Gasteiger partial charge in [0.25, 0.3) is 0 Å². The Hall–Kier alpha value is -5.34. The number of hydrogen-bond acceptors (Lipinski definition) is 2. The number of aryl methyl sites for hydroxylation is 2. The normalized spacial score (nSPS) is 17.1. The van der Waals surface area contributed by atoms with E-state index in [4.69, 9.17) is 6.58 Å². The fourth-order valence-corrected chi connectivity index (χ4v) is 10.2. The van der Waals surface area contributed by atoms with E-state index in [2.05, 4.69) is 174 Å². The van der Waals surface area contributed by atoms with Crippen molar-refractivity contribution in [1.29, 1.82) is 0 Å². The summed E-state index contributed by atoms with van der Waals surface area (Å²) in [5, 5.41) is 0. The highest BCUT2D eigenvalue weighted by Crippen LogP contribution is 2.65. The molecule has 1 aliphatic carbocycles. The van der Waals surface area contributed by atoms with Gasteiger partial charge in [0.2, 0.25) is 0 Å². The molecule has 2 nitrogen and oxygen atoms in total. The van der Waals surface area contributed by atoms with Crippen molar-refractivity contribution >= 4 is 39.7 Å². The van der Waals surface area contributed by atoms with Gasteiger partial charge in [-0.2, -0.15) is 0 Å². The molecule has 0 atom stereocenters. The number of para-hydroxylation sites is 2. The second-order valence-electron chi connectivity index (χ2n) is 16.9. The van der Waals surface area contributed by atoms with E-state index in [1.807, 2.05) is 0 Å². The maximum absolute atomic E-state index is 4.86. The molecule has 6 aromatic rings. The lowest BCUT2D eigenvalue weighted by atomic mass is 9.64. The molecule has 0 amide bonds. The summed E-state index contributed by atoms with van der Waals surface area (Å²) in [7, 11) is 0. The molecule has 0 aromatic heterocycles. The van der Waals surface area contributed by atoms with Crippen molar-refractivity contribution in [3.05, 3.63) is 171 Å². The second kappa shape index (κ2) is 9.70. The zero-order chi connectivity index (χ0) is 35.4. The molecular weight excluding hydrogens is 617 g/mol. The van der Waals surface area contributed by atoms with Crippen LogP contribution in [0.5, 0.6) is 0 Å². The summed E-state index contributed by atoms with van der Waals surface area (Å²) < 4.78 is 0. The predicted molar refractivity (Wildman–Crippen MR) is 215 cm³/mol. The third kappa shape index (κ3) is 3.78. The molecule has 4 aliphatic rings. The Balaban J connectivity index is 1.26. The van der Waals surface area contributed by atoms with Crippen LogP contribution < -0.4 is 9.80 Å². The van der Waals surface area contributed by atoms with Crippen molar-refractivity contribution in [1.82, 2.24) is 0 Å². The topological polar surface area (TPSA) is 6.48 Å². The van der Waals surface area contributed by atoms with E-state index < -0.39 is 0 Å². The first kappa shape index (κ1) is 30.5. The van der Waals surface area contributed by atoms with E-state index in [-0.39, 0.29) is 16.2 Å². The molecule has 3 heterocycles. The molecule has 0 radical (unpaired) electrons. The summed E-state index contributed by atoms with van der Waals surface area (Å²) in [6.07, 6.45) is 0. The van der Waals surface area contributed by atoms with Gasteiger partial charge in [0.15, 0.2) is 0 Å². The van der Waals surface area contributed by atoms with Crippen molar-refractivity contribution in [2.24, 2.45) is 0 Å². The highest BCUT2D eigenvalue weighted by atomic mass is 15.2. The van der Waals surface area contributed by atoms with Gasteiger partial charge < -0.3 is 9.80 Å². The molecule has 6 aromatic carbocycles. The molecule has 0 unspecified atom stereocenters. The lowest BCUT2D eigenvalue weighted by Gasteiger charge is -2.52. The monoisotopic (exact) mass is 660 g/mol. The first-order chi connectivity index (χ1) is 24.3.